The zero-order valence-electron chi connectivity index (χ0n) is 6.44. The van der Waals surface area contributed by atoms with Crippen LogP contribution in [-0.2, 0) is 0 Å². The molecule has 0 aliphatic rings. The quantitative estimate of drug-likeness (QED) is 0.607. The molecule has 0 aliphatic carbocycles. The number of thiophene rings is 1. The summed E-state index contributed by atoms with van der Waals surface area (Å²) < 4.78 is 0. The van der Waals surface area contributed by atoms with Gasteiger partial charge in [-0.25, -0.2) is 0 Å². The normalized spacial score (nSPS) is 10.9. The Morgan fingerprint density at radius 1 is 1.50 bits per heavy atom. The Kier molecular flexibility index (Phi) is 2.37. The van der Waals surface area contributed by atoms with E-state index < -0.39 is 0 Å². The van der Waals surface area contributed by atoms with E-state index in [-0.39, 0.29) is 0 Å². The van der Waals surface area contributed by atoms with Gasteiger partial charge in [-0.05, 0) is 18.4 Å². The summed E-state index contributed by atoms with van der Waals surface area (Å²) in [6.07, 6.45) is 0. The second-order valence-corrected chi connectivity index (χ2v) is 4.05. The van der Waals surface area contributed by atoms with Crippen LogP contribution in [0, 0.1) is 6.92 Å². The van der Waals surface area contributed by atoms with E-state index in [0.29, 0.717) is 5.92 Å². The Balaban J connectivity index is 3.05. The molecule has 1 heterocycles. The molecule has 0 aromatic carbocycles. The first kappa shape index (κ1) is 8.09. The van der Waals surface area contributed by atoms with Gasteiger partial charge in [0.25, 0.3) is 0 Å². The molecule has 0 N–H and O–H groups in total. The fourth-order valence-corrected chi connectivity index (χ4v) is 2.24. The molecule has 0 aliphatic heterocycles. The van der Waals surface area contributed by atoms with Crippen LogP contribution >= 0.6 is 22.9 Å². The van der Waals surface area contributed by atoms with Gasteiger partial charge in [0, 0.05) is 10.3 Å². The SMILES string of the molecule is Cc1c(Cl)csc1C(C)C. The first-order chi connectivity index (χ1) is 4.63. The van der Waals surface area contributed by atoms with Gasteiger partial charge in [-0.1, -0.05) is 25.4 Å². The van der Waals surface area contributed by atoms with Crippen molar-refractivity contribution < 1.29 is 0 Å². The van der Waals surface area contributed by atoms with E-state index >= 15 is 0 Å². The lowest BCUT2D eigenvalue weighted by Crippen LogP contribution is -1.83. The molecule has 10 heavy (non-hydrogen) atoms. The summed E-state index contributed by atoms with van der Waals surface area (Å²) in [6.45, 7) is 6.46. The molecule has 1 aromatic rings. The van der Waals surface area contributed by atoms with Gasteiger partial charge in [0.1, 0.15) is 0 Å². The van der Waals surface area contributed by atoms with Gasteiger partial charge >= 0.3 is 0 Å². The molecule has 0 saturated carbocycles. The molecule has 56 valence electrons. The van der Waals surface area contributed by atoms with E-state index in [1.54, 1.807) is 11.3 Å². The summed E-state index contributed by atoms with van der Waals surface area (Å²) in [4.78, 5) is 1.41. The maximum atomic E-state index is 5.88. The van der Waals surface area contributed by atoms with Gasteiger partial charge < -0.3 is 0 Å². The Hall–Kier alpha value is -0.0100. The third kappa shape index (κ3) is 1.35. The number of halogens is 1. The van der Waals surface area contributed by atoms with E-state index in [4.69, 9.17) is 11.6 Å². The largest absolute Gasteiger partial charge is 0.147 e. The molecule has 0 spiro atoms. The molecule has 0 radical (unpaired) electrons. The molecule has 1 aromatic heterocycles. The maximum absolute atomic E-state index is 5.88. The number of hydrogen-bond acceptors (Lipinski definition) is 1. The van der Waals surface area contributed by atoms with Crippen molar-refractivity contribution in [1.82, 2.24) is 0 Å². The number of hydrogen-bond donors (Lipinski definition) is 0. The van der Waals surface area contributed by atoms with Crippen molar-refractivity contribution in [2.45, 2.75) is 26.7 Å². The molecule has 0 fully saturated rings. The summed E-state index contributed by atoms with van der Waals surface area (Å²) in [5.74, 6) is 0.609. The van der Waals surface area contributed by atoms with Crippen molar-refractivity contribution in [3.8, 4) is 0 Å². The second kappa shape index (κ2) is 2.93. The molecule has 0 amide bonds. The summed E-state index contributed by atoms with van der Waals surface area (Å²) in [5, 5.41) is 2.92. The van der Waals surface area contributed by atoms with Crippen molar-refractivity contribution in [2.24, 2.45) is 0 Å². The van der Waals surface area contributed by atoms with Crippen LogP contribution in [0.5, 0.6) is 0 Å². The van der Waals surface area contributed by atoms with Gasteiger partial charge in [0.05, 0.1) is 5.02 Å². The molecule has 2 heteroatoms. The lowest BCUT2D eigenvalue weighted by Gasteiger charge is -2.01. The van der Waals surface area contributed by atoms with Crippen molar-refractivity contribution in [3.63, 3.8) is 0 Å². The van der Waals surface area contributed by atoms with E-state index in [1.807, 2.05) is 5.38 Å². The number of rotatable bonds is 1. The van der Waals surface area contributed by atoms with Crippen molar-refractivity contribution in [3.05, 3.63) is 20.8 Å². The van der Waals surface area contributed by atoms with Gasteiger partial charge in [0.2, 0.25) is 0 Å². The molecule has 0 saturated heterocycles. The van der Waals surface area contributed by atoms with Crippen LogP contribution in [0.3, 0.4) is 0 Å². The Morgan fingerprint density at radius 2 is 2.10 bits per heavy atom. The fraction of sp³-hybridized carbons (Fsp3) is 0.500. The van der Waals surface area contributed by atoms with Crippen LogP contribution in [0.25, 0.3) is 0 Å². The summed E-state index contributed by atoms with van der Waals surface area (Å²) in [6, 6.07) is 0. The highest BCUT2D eigenvalue weighted by atomic mass is 35.5. The minimum atomic E-state index is 0.609. The van der Waals surface area contributed by atoms with Gasteiger partial charge in [0.15, 0.2) is 0 Å². The van der Waals surface area contributed by atoms with Gasteiger partial charge in [-0.3, -0.25) is 0 Å². The molecule has 0 bridgehead atoms. The molecule has 0 unspecified atom stereocenters. The third-order valence-electron chi connectivity index (χ3n) is 1.54. The van der Waals surface area contributed by atoms with Crippen molar-refractivity contribution in [2.75, 3.05) is 0 Å². The van der Waals surface area contributed by atoms with E-state index in [1.165, 1.54) is 10.4 Å². The zero-order chi connectivity index (χ0) is 7.72. The molecule has 1 rings (SSSR count). The maximum Gasteiger partial charge on any atom is 0.0545 e. The highest BCUT2D eigenvalue weighted by molar-refractivity contribution is 7.10. The molecular weight excluding hydrogens is 164 g/mol. The molecule has 0 atom stereocenters. The lowest BCUT2D eigenvalue weighted by molar-refractivity contribution is 0.881. The van der Waals surface area contributed by atoms with E-state index in [2.05, 4.69) is 20.8 Å². The fourth-order valence-electron chi connectivity index (χ4n) is 0.979. The van der Waals surface area contributed by atoms with Gasteiger partial charge in [-0.2, -0.15) is 0 Å². The van der Waals surface area contributed by atoms with Crippen LogP contribution in [0.4, 0.5) is 0 Å². The van der Waals surface area contributed by atoms with Crippen LogP contribution < -0.4 is 0 Å². The molecule has 0 nitrogen and oxygen atoms in total. The summed E-state index contributed by atoms with van der Waals surface area (Å²) in [7, 11) is 0. The highest BCUT2D eigenvalue weighted by Crippen LogP contribution is 2.31. The summed E-state index contributed by atoms with van der Waals surface area (Å²) >= 11 is 7.64. The lowest BCUT2D eigenvalue weighted by atomic mass is 10.1. The van der Waals surface area contributed by atoms with Crippen molar-refractivity contribution in [1.29, 1.82) is 0 Å². The standard InChI is InChI=1S/C8H11ClS/c1-5(2)8-6(3)7(9)4-10-8/h4-5H,1-3H3. The monoisotopic (exact) mass is 174 g/mol. The minimum absolute atomic E-state index is 0.609. The van der Waals surface area contributed by atoms with Crippen molar-refractivity contribution >= 4 is 22.9 Å². The first-order valence-corrected chi connectivity index (χ1v) is 4.62. The Morgan fingerprint density at radius 3 is 2.30 bits per heavy atom. The van der Waals surface area contributed by atoms with Crippen LogP contribution in [-0.4, -0.2) is 0 Å². The predicted molar refractivity (Wildman–Crippen MR) is 48.2 cm³/mol. The van der Waals surface area contributed by atoms with Gasteiger partial charge in [-0.15, -0.1) is 11.3 Å². The first-order valence-electron chi connectivity index (χ1n) is 3.36. The smallest absolute Gasteiger partial charge is 0.0545 e. The highest BCUT2D eigenvalue weighted by Gasteiger charge is 2.07. The van der Waals surface area contributed by atoms with E-state index in [0.717, 1.165) is 5.02 Å². The van der Waals surface area contributed by atoms with Crippen LogP contribution in [0.2, 0.25) is 5.02 Å². The molecular formula is C8H11ClS. The average Bonchev–Trinajstić information content (AvgIpc) is 2.14. The zero-order valence-corrected chi connectivity index (χ0v) is 8.01. The van der Waals surface area contributed by atoms with Crippen LogP contribution in [0.1, 0.15) is 30.2 Å². The minimum Gasteiger partial charge on any atom is -0.147 e. The Bertz CT molecular complexity index is 225. The average molecular weight is 175 g/mol. The van der Waals surface area contributed by atoms with E-state index in [9.17, 15) is 0 Å². The van der Waals surface area contributed by atoms with Crippen LogP contribution in [0.15, 0.2) is 5.38 Å². The Labute approximate surface area is 70.8 Å². The topological polar surface area (TPSA) is 0 Å². The summed E-state index contributed by atoms with van der Waals surface area (Å²) in [5.41, 5.74) is 1.25. The predicted octanol–water partition coefficient (Wildman–Crippen LogP) is 3.83. The second-order valence-electron chi connectivity index (χ2n) is 2.73. The third-order valence-corrected chi connectivity index (χ3v) is 3.45.